The summed E-state index contributed by atoms with van der Waals surface area (Å²) in [5.74, 6) is 1.01. The summed E-state index contributed by atoms with van der Waals surface area (Å²) in [6.07, 6.45) is 3.34. The molecular weight excluding hydrogens is 304 g/mol. The maximum atomic E-state index is 12.3. The van der Waals surface area contributed by atoms with E-state index in [1.54, 1.807) is 0 Å². The lowest BCUT2D eigenvalue weighted by Gasteiger charge is -2.39. The van der Waals surface area contributed by atoms with E-state index in [9.17, 15) is 9.90 Å². The molecule has 0 spiro atoms. The standard InChI is InChI=1S/C19H28N2O3/c1-15-5-2-3-8-18(15)24-14-9-19(23)21-12-10-20(11-13-21)16-6-4-7-17(16)22/h2-3,5,8,16-17,22H,4,6-7,9-14H2,1H3/t16-,17+/m1/s1. The summed E-state index contributed by atoms with van der Waals surface area (Å²) in [4.78, 5) is 16.6. The van der Waals surface area contributed by atoms with Crippen LogP contribution in [0.2, 0.25) is 0 Å². The van der Waals surface area contributed by atoms with Crippen molar-refractivity contribution in [2.45, 2.75) is 44.8 Å². The van der Waals surface area contributed by atoms with Crippen molar-refractivity contribution in [3.8, 4) is 5.75 Å². The molecule has 1 N–H and O–H groups in total. The number of piperazine rings is 1. The Morgan fingerprint density at radius 3 is 2.62 bits per heavy atom. The second kappa shape index (κ2) is 7.99. The Labute approximate surface area is 144 Å². The van der Waals surface area contributed by atoms with Gasteiger partial charge in [-0.25, -0.2) is 0 Å². The van der Waals surface area contributed by atoms with E-state index in [0.29, 0.717) is 19.1 Å². The van der Waals surface area contributed by atoms with E-state index in [1.165, 1.54) is 0 Å². The van der Waals surface area contributed by atoms with Crippen molar-refractivity contribution in [1.29, 1.82) is 0 Å². The first-order valence-corrected chi connectivity index (χ1v) is 9.03. The molecule has 1 aromatic rings. The number of aliphatic hydroxyl groups is 1. The quantitative estimate of drug-likeness (QED) is 0.894. The predicted octanol–water partition coefficient (Wildman–Crippen LogP) is 1.82. The number of carbonyl (C=O) groups excluding carboxylic acids is 1. The highest BCUT2D eigenvalue weighted by atomic mass is 16.5. The van der Waals surface area contributed by atoms with Gasteiger partial charge in [-0.1, -0.05) is 18.2 Å². The highest BCUT2D eigenvalue weighted by molar-refractivity contribution is 5.76. The van der Waals surface area contributed by atoms with Crippen LogP contribution in [-0.4, -0.2) is 65.7 Å². The lowest BCUT2D eigenvalue weighted by molar-refractivity contribution is -0.134. The Morgan fingerprint density at radius 1 is 1.21 bits per heavy atom. The molecule has 5 heteroatoms. The van der Waals surface area contributed by atoms with Gasteiger partial charge in [-0.2, -0.15) is 0 Å². The SMILES string of the molecule is Cc1ccccc1OCCC(=O)N1CCN([C@@H]2CCC[C@@H]2O)CC1. The number of para-hydroxylation sites is 1. The van der Waals surface area contributed by atoms with Crippen LogP contribution in [-0.2, 0) is 4.79 Å². The van der Waals surface area contributed by atoms with Crippen LogP contribution in [0.1, 0.15) is 31.2 Å². The minimum Gasteiger partial charge on any atom is -0.493 e. The molecule has 1 amide bonds. The first-order valence-electron chi connectivity index (χ1n) is 9.03. The highest BCUT2D eigenvalue weighted by Gasteiger charge is 2.33. The number of ether oxygens (including phenoxy) is 1. The molecule has 24 heavy (non-hydrogen) atoms. The van der Waals surface area contributed by atoms with E-state index < -0.39 is 0 Å². The van der Waals surface area contributed by atoms with Crippen molar-refractivity contribution >= 4 is 5.91 Å². The third-order valence-corrected chi connectivity index (χ3v) is 5.25. The van der Waals surface area contributed by atoms with E-state index in [1.807, 2.05) is 36.1 Å². The van der Waals surface area contributed by atoms with Crippen LogP contribution < -0.4 is 4.74 Å². The molecule has 1 aromatic carbocycles. The first-order chi connectivity index (χ1) is 11.6. The molecule has 0 bridgehead atoms. The average molecular weight is 332 g/mol. The lowest BCUT2D eigenvalue weighted by Crippen LogP contribution is -2.53. The molecule has 0 unspecified atom stereocenters. The number of aryl methyl sites for hydroxylation is 1. The van der Waals surface area contributed by atoms with Crippen LogP contribution in [0.5, 0.6) is 5.75 Å². The number of hydrogen-bond acceptors (Lipinski definition) is 4. The van der Waals surface area contributed by atoms with Gasteiger partial charge in [-0.05, 0) is 37.8 Å². The van der Waals surface area contributed by atoms with Crippen LogP contribution in [0.15, 0.2) is 24.3 Å². The van der Waals surface area contributed by atoms with Crippen molar-refractivity contribution in [3.05, 3.63) is 29.8 Å². The van der Waals surface area contributed by atoms with Crippen molar-refractivity contribution < 1.29 is 14.6 Å². The van der Waals surface area contributed by atoms with Crippen LogP contribution in [0.4, 0.5) is 0 Å². The van der Waals surface area contributed by atoms with Gasteiger partial charge in [-0.3, -0.25) is 9.69 Å². The molecule has 0 radical (unpaired) electrons. The highest BCUT2D eigenvalue weighted by Crippen LogP contribution is 2.25. The number of benzene rings is 1. The number of amides is 1. The second-order valence-electron chi connectivity index (χ2n) is 6.85. The molecular formula is C19H28N2O3. The Balaban J connectivity index is 1.40. The van der Waals surface area contributed by atoms with Gasteiger partial charge in [-0.15, -0.1) is 0 Å². The molecule has 2 fully saturated rings. The third kappa shape index (κ3) is 4.08. The molecule has 2 aliphatic rings. The fourth-order valence-corrected chi connectivity index (χ4v) is 3.77. The molecule has 0 aromatic heterocycles. The summed E-state index contributed by atoms with van der Waals surface area (Å²) in [5.41, 5.74) is 1.09. The average Bonchev–Trinajstić information content (AvgIpc) is 3.03. The summed E-state index contributed by atoms with van der Waals surface area (Å²) in [6, 6.07) is 8.17. The minimum atomic E-state index is -0.185. The second-order valence-corrected chi connectivity index (χ2v) is 6.85. The first kappa shape index (κ1) is 17.2. The van der Waals surface area contributed by atoms with E-state index in [2.05, 4.69) is 4.90 Å². The summed E-state index contributed by atoms with van der Waals surface area (Å²) in [6.45, 7) is 5.68. The third-order valence-electron chi connectivity index (χ3n) is 5.25. The fourth-order valence-electron chi connectivity index (χ4n) is 3.77. The molecule has 1 saturated carbocycles. The van der Waals surface area contributed by atoms with Crippen molar-refractivity contribution in [2.24, 2.45) is 0 Å². The molecule has 132 valence electrons. The predicted molar refractivity (Wildman–Crippen MR) is 93.1 cm³/mol. The van der Waals surface area contributed by atoms with Crippen LogP contribution >= 0.6 is 0 Å². The van der Waals surface area contributed by atoms with Crippen molar-refractivity contribution in [1.82, 2.24) is 9.80 Å². The van der Waals surface area contributed by atoms with E-state index in [0.717, 1.165) is 56.8 Å². The van der Waals surface area contributed by atoms with Gasteiger partial charge in [0, 0.05) is 32.2 Å². The normalized spacial score (nSPS) is 25.0. The maximum Gasteiger partial charge on any atom is 0.226 e. The van der Waals surface area contributed by atoms with Gasteiger partial charge >= 0.3 is 0 Å². The zero-order valence-electron chi connectivity index (χ0n) is 14.5. The van der Waals surface area contributed by atoms with Gasteiger partial charge in [0.15, 0.2) is 0 Å². The molecule has 3 rings (SSSR count). The minimum absolute atomic E-state index is 0.162. The van der Waals surface area contributed by atoms with Gasteiger partial charge in [0.1, 0.15) is 5.75 Å². The number of aliphatic hydroxyl groups excluding tert-OH is 1. The van der Waals surface area contributed by atoms with Crippen molar-refractivity contribution in [3.63, 3.8) is 0 Å². The van der Waals surface area contributed by atoms with Gasteiger partial charge in [0.25, 0.3) is 0 Å². The maximum absolute atomic E-state index is 12.3. The Hall–Kier alpha value is -1.59. The Bertz CT molecular complexity index is 555. The van der Waals surface area contributed by atoms with Gasteiger partial charge < -0.3 is 14.7 Å². The summed E-state index contributed by atoms with van der Waals surface area (Å²) in [5, 5.41) is 10.0. The van der Waals surface area contributed by atoms with Crippen molar-refractivity contribution in [2.75, 3.05) is 32.8 Å². The molecule has 1 saturated heterocycles. The summed E-state index contributed by atoms with van der Waals surface area (Å²) < 4.78 is 5.72. The molecule has 1 aliphatic carbocycles. The zero-order valence-corrected chi connectivity index (χ0v) is 14.5. The zero-order chi connectivity index (χ0) is 16.9. The number of carbonyl (C=O) groups is 1. The number of hydrogen-bond donors (Lipinski definition) is 1. The Kier molecular flexibility index (Phi) is 5.74. The smallest absolute Gasteiger partial charge is 0.226 e. The number of rotatable bonds is 5. The fraction of sp³-hybridized carbons (Fsp3) is 0.632. The van der Waals surface area contributed by atoms with E-state index in [-0.39, 0.29) is 12.0 Å². The summed E-state index contributed by atoms with van der Waals surface area (Å²) in [7, 11) is 0. The Morgan fingerprint density at radius 2 is 1.96 bits per heavy atom. The summed E-state index contributed by atoms with van der Waals surface area (Å²) >= 11 is 0. The molecule has 5 nitrogen and oxygen atoms in total. The lowest BCUT2D eigenvalue weighted by atomic mass is 10.1. The van der Waals surface area contributed by atoms with Crippen LogP contribution in [0.3, 0.4) is 0 Å². The van der Waals surface area contributed by atoms with E-state index in [4.69, 9.17) is 4.74 Å². The molecule has 1 aliphatic heterocycles. The largest absolute Gasteiger partial charge is 0.493 e. The van der Waals surface area contributed by atoms with E-state index >= 15 is 0 Å². The molecule has 2 atom stereocenters. The van der Waals surface area contributed by atoms with Gasteiger partial charge in [0.2, 0.25) is 5.91 Å². The molecule has 1 heterocycles. The van der Waals surface area contributed by atoms with Crippen LogP contribution in [0, 0.1) is 6.92 Å². The topological polar surface area (TPSA) is 53.0 Å². The number of nitrogens with zero attached hydrogens (tertiary/aromatic N) is 2. The van der Waals surface area contributed by atoms with Gasteiger partial charge in [0.05, 0.1) is 19.1 Å². The monoisotopic (exact) mass is 332 g/mol. The van der Waals surface area contributed by atoms with Crippen LogP contribution in [0.25, 0.3) is 0 Å².